The molecule has 2 aromatic rings. The topological polar surface area (TPSA) is 49.6 Å². The molecule has 1 fully saturated rings. The molecule has 0 saturated carbocycles. The van der Waals surface area contributed by atoms with Gasteiger partial charge in [-0.15, -0.1) is 0 Å². The van der Waals surface area contributed by atoms with Crippen molar-refractivity contribution in [2.24, 2.45) is 0 Å². The first-order valence-electron chi connectivity index (χ1n) is 10.5. The predicted molar refractivity (Wildman–Crippen MR) is 125 cm³/mol. The Morgan fingerprint density at radius 2 is 1.73 bits per heavy atom. The average Bonchev–Trinajstić information content (AvgIpc) is 2.74. The molecule has 0 aromatic heterocycles. The van der Waals surface area contributed by atoms with Crippen molar-refractivity contribution in [1.29, 1.82) is 0 Å². The highest BCUT2D eigenvalue weighted by molar-refractivity contribution is 5.72. The van der Waals surface area contributed by atoms with Crippen LogP contribution >= 0.6 is 0 Å². The van der Waals surface area contributed by atoms with Gasteiger partial charge in [-0.3, -0.25) is 15.0 Å². The van der Waals surface area contributed by atoms with E-state index in [4.69, 9.17) is 0 Å². The van der Waals surface area contributed by atoms with Gasteiger partial charge in [0.05, 0.1) is 10.5 Å². The van der Waals surface area contributed by atoms with Crippen LogP contribution < -0.4 is 4.90 Å². The summed E-state index contributed by atoms with van der Waals surface area (Å²) < 4.78 is 0. The number of piperazine rings is 1. The SMILES string of the molecule is C/C(=C\C=C(/C)c1ccccc1[N+](=O)[O-])CN1CCN(c2cc(C)ccc2C)CC1. The number of hydrogen-bond acceptors (Lipinski definition) is 4. The van der Waals surface area contributed by atoms with Crippen LogP contribution in [0.4, 0.5) is 11.4 Å². The maximum Gasteiger partial charge on any atom is 0.276 e. The maximum atomic E-state index is 11.2. The molecule has 0 N–H and O–H groups in total. The van der Waals surface area contributed by atoms with Crippen molar-refractivity contribution in [3.63, 3.8) is 0 Å². The van der Waals surface area contributed by atoms with Gasteiger partial charge in [0.2, 0.25) is 0 Å². The fraction of sp³-hybridized carbons (Fsp3) is 0.360. The number of hydrogen-bond donors (Lipinski definition) is 0. The Morgan fingerprint density at radius 1 is 1.03 bits per heavy atom. The molecule has 30 heavy (non-hydrogen) atoms. The monoisotopic (exact) mass is 405 g/mol. The number of allylic oxidation sites excluding steroid dienone is 3. The Balaban J connectivity index is 1.60. The van der Waals surface area contributed by atoms with Gasteiger partial charge in [0.15, 0.2) is 0 Å². The average molecular weight is 406 g/mol. The van der Waals surface area contributed by atoms with Gasteiger partial charge in [0.1, 0.15) is 0 Å². The van der Waals surface area contributed by atoms with E-state index in [1.165, 1.54) is 22.4 Å². The molecule has 1 heterocycles. The summed E-state index contributed by atoms with van der Waals surface area (Å²) >= 11 is 0. The third kappa shape index (κ3) is 5.36. The van der Waals surface area contributed by atoms with E-state index in [1.807, 2.05) is 19.1 Å². The summed E-state index contributed by atoms with van der Waals surface area (Å²) in [6.45, 7) is 13.4. The molecular formula is C25H31N3O2. The Labute approximate surface area is 179 Å². The van der Waals surface area contributed by atoms with Gasteiger partial charge in [0, 0.05) is 44.5 Å². The van der Waals surface area contributed by atoms with E-state index in [0.717, 1.165) is 38.3 Å². The van der Waals surface area contributed by atoms with Gasteiger partial charge >= 0.3 is 0 Å². The van der Waals surface area contributed by atoms with Crippen LogP contribution in [0.5, 0.6) is 0 Å². The molecule has 0 spiro atoms. The lowest BCUT2D eigenvalue weighted by Crippen LogP contribution is -2.47. The minimum atomic E-state index is -0.321. The van der Waals surface area contributed by atoms with Crippen LogP contribution in [0.1, 0.15) is 30.5 Å². The first kappa shape index (κ1) is 21.8. The standard InChI is InChI=1S/C25H31N3O2/c1-19-9-12-22(4)25(17-19)27-15-13-26(14-16-27)18-20(2)10-11-21(3)23-7-5-6-8-24(23)28(29)30/h5-12,17H,13-16,18H2,1-4H3/b20-10+,21-11+. The van der Waals surface area contributed by atoms with Crippen molar-refractivity contribution in [1.82, 2.24) is 4.90 Å². The molecule has 0 radical (unpaired) electrons. The Bertz CT molecular complexity index is 970. The lowest BCUT2D eigenvalue weighted by Gasteiger charge is -2.37. The van der Waals surface area contributed by atoms with Crippen molar-refractivity contribution >= 4 is 16.9 Å². The number of rotatable bonds is 6. The van der Waals surface area contributed by atoms with Crippen molar-refractivity contribution < 1.29 is 4.92 Å². The molecule has 158 valence electrons. The summed E-state index contributed by atoms with van der Waals surface area (Å²) in [6.07, 6.45) is 4.08. The molecular weight excluding hydrogens is 374 g/mol. The molecule has 1 aliphatic heterocycles. The zero-order valence-electron chi connectivity index (χ0n) is 18.4. The second-order valence-corrected chi connectivity index (χ2v) is 8.19. The molecule has 0 atom stereocenters. The Morgan fingerprint density at radius 3 is 2.43 bits per heavy atom. The van der Waals surface area contributed by atoms with Crippen LogP contribution in [-0.4, -0.2) is 42.5 Å². The van der Waals surface area contributed by atoms with Crippen LogP contribution in [-0.2, 0) is 0 Å². The summed E-state index contributed by atoms with van der Waals surface area (Å²) in [4.78, 5) is 15.9. The van der Waals surface area contributed by atoms with E-state index in [-0.39, 0.29) is 10.6 Å². The molecule has 1 aliphatic rings. The first-order valence-corrected chi connectivity index (χ1v) is 10.5. The summed E-state index contributed by atoms with van der Waals surface area (Å²) in [7, 11) is 0. The highest BCUT2D eigenvalue weighted by Gasteiger charge is 2.18. The van der Waals surface area contributed by atoms with Crippen molar-refractivity contribution in [3.05, 3.63) is 87.0 Å². The quantitative estimate of drug-likeness (QED) is 0.368. The van der Waals surface area contributed by atoms with Gasteiger partial charge in [-0.2, -0.15) is 0 Å². The lowest BCUT2D eigenvalue weighted by molar-refractivity contribution is -0.385. The van der Waals surface area contributed by atoms with E-state index < -0.39 is 0 Å². The lowest BCUT2D eigenvalue weighted by atomic mass is 10.0. The molecule has 1 saturated heterocycles. The van der Waals surface area contributed by atoms with E-state index >= 15 is 0 Å². The third-order valence-electron chi connectivity index (χ3n) is 5.69. The highest BCUT2D eigenvalue weighted by Crippen LogP contribution is 2.26. The van der Waals surface area contributed by atoms with Crippen LogP contribution in [0.15, 0.2) is 60.2 Å². The van der Waals surface area contributed by atoms with Crippen molar-refractivity contribution in [2.45, 2.75) is 27.7 Å². The largest absolute Gasteiger partial charge is 0.369 e. The summed E-state index contributed by atoms with van der Waals surface area (Å²) in [5, 5.41) is 11.2. The van der Waals surface area contributed by atoms with Crippen molar-refractivity contribution in [3.8, 4) is 0 Å². The minimum Gasteiger partial charge on any atom is -0.369 e. The molecule has 3 rings (SSSR count). The normalized spacial score (nSPS) is 16.1. The number of para-hydroxylation sites is 1. The molecule has 5 heteroatoms. The Hall–Kier alpha value is -2.92. The predicted octanol–water partition coefficient (Wildman–Crippen LogP) is 5.38. The minimum absolute atomic E-state index is 0.153. The zero-order valence-corrected chi connectivity index (χ0v) is 18.4. The van der Waals surface area contributed by atoms with Gasteiger partial charge in [-0.25, -0.2) is 0 Å². The van der Waals surface area contributed by atoms with E-state index in [1.54, 1.807) is 18.2 Å². The number of nitro benzene ring substituents is 1. The number of anilines is 1. The molecule has 5 nitrogen and oxygen atoms in total. The molecule has 0 aliphatic carbocycles. The maximum absolute atomic E-state index is 11.2. The number of benzene rings is 2. The number of nitro groups is 1. The number of nitrogens with zero attached hydrogens (tertiary/aromatic N) is 3. The van der Waals surface area contributed by atoms with Gasteiger partial charge in [-0.05, 0) is 56.5 Å². The van der Waals surface area contributed by atoms with E-state index in [9.17, 15) is 10.1 Å². The fourth-order valence-electron chi connectivity index (χ4n) is 3.94. The second kappa shape index (κ2) is 9.72. The zero-order chi connectivity index (χ0) is 21.7. The number of aryl methyl sites for hydroxylation is 2. The van der Waals surface area contributed by atoms with Crippen LogP contribution in [0.2, 0.25) is 0 Å². The summed E-state index contributed by atoms with van der Waals surface area (Å²) in [5.41, 5.74) is 6.98. The van der Waals surface area contributed by atoms with E-state index in [2.05, 4.69) is 54.8 Å². The summed E-state index contributed by atoms with van der Waals surface area (Å²) in [6, 6.07) is 13.6. The third-order valence-corrected chi connectivity index (χ3v) is 5.69. The molecule has 0 unspecified atom stereocenters. The van der Waals surface area contributed by atoms with Gasteiger partial charge < -0.3 is 4.90 Å². The van der Waals surface area contributed by atoms with Crippen LogP contribution in [0.3, 0.4) is 0 Å². The summed E-state index contributed by atoms with van der Waals surface area (Å²) in [5.74, 6) is 0. The Kier molecular flexibility index (Phi) is 7.06. The first-order chi connectivity index (χ1) is 14.3. The molecule has 2 aromatic carbocycles. The van der Waals surface area contributed by atoms with Crippen LogP contribution in [0.25, 0.3) is 5.57 Å². The van der Waals surface area contributed by atoms with Gasteiger partial charge in [-0.1, -0.05) is 42.0 Å². The fourth-order valence-corrected chi connectivity index (χ4v) is 3.94. The highest BCUT2D eigenvalue weighted by atomic mass is 16.6. The molecule has 0 bridgehead atoms. The smallest absolute Gasteiger partial charge is 0.276 e. The second-order valence-electron chi connectivity index (χ2n) is 8.19. The van der Waals surface area contributed by atoms with Gasteiger partial charge in [0.25, 0.3) is 5.69 Å². The van der Waals surface area contributed by atoms with Crippen molar-refractivity contribution in [2.75, 3.05) is 37.6 Å². The van der Waals surface area contributed by atoms with E-state index in [0.29, 0.717) is 5.56 Å². The van der Waals surface area contributed by atoms with Crippen LogP contribution in [0, 0.1) is 24.0 Å². The molecule has 0 amide bonds.